The SMILES string of the molecule is CC(=O)OCC[C](C=O)C(=O)C=Cc1ccccc1. The molecule has 4 nitrogen and oxygen atoms in total. The second kappa shape index (κ2) is 7.97. The Labute approximate surface area is 112 Å². The van der Waals surface area contributed by atoms with Crippen LogP contribution in [-0.2, 0) is 19.1 Å². The molecule has 99 valence electrons. The van der Waals surface area contributed by atoms with Crippen molar-refractivity contribution in [3.05, 3.63) is 47.9 Å². The maximum Gasteiger partial charge on any atom is 0.302 e. The van der Waals surface area contributed by atoms with E-state index in [1.165, 1.54) is 13.0 Å². The Morgan fingerprint density at radius 3 is 2.47 bits per heavy atom. The molecule has 1 aromatic carbocycles. The molecule has 0 spiro atoms. The largest absolute Gasteiger partial charge is 0.466 e. The van der Waals surface area contributed by atoms with E-state index in [0.717, 1.165) is 5.56 Å². The Morgan fingerprint density at radius 2 is 1.89 bits per heavy atom. The van der Waals surface area contributed by atoms with Crippen LogP contribution in [-0.4, -0.2) is 24.6 Å². The minimum atomic E-state index is -0.433. The second-order valence-electron chi connectivity index (χ2n) is 3.84. The average Bonchev–Trinajstić information content (AvgIpc) is 2.42. The molecule has 0 fully saturated rings. The molecule has 0 unspecified atom stereocenters. The molecule has 0 saturated carbocycles. The zero-order chi connectivity index (χ0) is 14.1. The van der Waals surface area contributed by atoms with Gasteiger partial charge in [-0.3, -0.25) is 9.59 Å². The smallest absolute Gasteiger partial charge is 0.302 e. The molecule has 0 atom stereocenters. The fourth-order valence-electron chi connectivity index (χ4n) is 1.39. The number of hydrogen-bond donors (Lipinski definition) is 0. The number of hydrogen-bond acceptors (Lipinski definition) is 4. The number of benzene rings is 1. The Balaban J connectivity index is 2.52. The predicted octanol–water partition coefficient (Wildman–Crippen LogP) is 2.00. The number of carbonyl (C=O) groups excluding carboxylic acids is 3. The van der Waals surface area contributed by atoms with Gasteiger partial charge in [0.25, 0.3) is 0 Å². The molecular formula is C15H15O4. The first-order chi connectivity index (χ1) is 9.13. The Kier molecular flexibility index (Phi) is 6.22. The van der Waals surface area contributed by atoms with Crippen molar-refractivity contribution in [2.75, 3.05) is 6.61 Å². The van der Waals surface area contributed by atoms with Gasteiger partial charge in [0.15, 0.2) is 5.78 Å². The normalized spacial score (nSPS) is 10.6. The van der Waals surface area contributed by atoms with Gasteiger partial charge in [0.2, 0.25) is 0 Å². The van der Waals surface area contributed by atoms with Crippen LogP contribution in [0, 0.1) is 5.92 Å². The van der Waals surface area contributed by atoms with Gasteiger partial charge in [0.05, 0.1) is 6.61 Å². The minimum Gasteiger partial charge on any atom is -0.466 e. The van der Waals surface area contributed by atoms with Gasteiger partial charge in [-0.2, -0.15) is 0 Å². The average molecular weight is 259 g/mol. The van der Waals surface area contributed by atoms with Gasteiger partial charge in [-0.1, -0.05) is 36.4 Å². The monoisotopic (exact) mass is 259 g/mol. The molecular weight excluding hydrogens is 244 g/mol. The molecule has 4 heteroatoms. The van der Waals surface area contributed by atoms with Crippen LogP contribution in [0.15, 0.2) is 36.4 Å². The first-order valence-electron chi connectivity index (χ1n) is 5.85. The second-order valence-corrected chi connectivity index (χ2v) is 3.84. The van der Waals surface area contributed by atoms with Crippen LogP contribution in [0.2, 0.25) is 0 Å². The Morgan fingerprint density at radius 1 is 1.21 bits per heavy atom. The van der Waals surface area contributed by atoms with Crippen molar-refractivity contribution in [3.8, 4) is 0 Å². The summed E-state index contributed by atoms with van der Waals surface area (Å²) in [6.07, 6.45) is 3.60. The van der Waals surface area contributed by atoms with E-state index in [1.54, 1.807) is 6.08 Å². The molecule has 0 saturated heterocycles. The van der Waals surface area contributed by atoms with Crippen LogP contribution in [0.1, 0.15) is 18.9 Å². The number of carbonyl (C=O) groups is 3. The lowest BCUT2D eigenvalue weighted by atomic mass is 10.0. The summed E-state index contributed by atoms with van der Waals surface area (Å²) in [5, 5.41) is 0. The van der Waals surface area contributed by atoms with Gasteiger partial charge < -0.3 is 9.53 Å². The van der Waals surface area contributed by atoms with Gasteiger partial charge in [-0.05, 0) is 11.6 Å². The maximum absolute atomic E-state index is 11.7. The third kappa shape index (κ3) is 5.77. The molecule has 1 radical (unpaired) electrons. The first kappa shape index (κ1) is 14.8. The van der Waals surface area contributed by atoms with Gasteiger partial charge in [0.1, 0.15) is 12.2 Å². The number of ether oxygens (including phenoxy) is 1. The van der Waals surface area contributed by atoms with E-state index in [1.807, 2.05) is 30.3 Å². The van der Waals surface area contributed by atoms with Crippen LogP contribution in [0.25, 0.3) is 6.08 Å². The van der Waals surface area contributed by atoms with E-state index in [2.05, 4.69) is 0 Å². The highest BCUT2D eigenvalue weighted by Gasteiger charge is 2.16. The number of rotatable bonds is 7. The van der Waals surface area contributed by atoms with E-state index in [9.17, 15) is 14.4 Å². The van der Waals surface area contributed by atoms with Crippen molar-refractivity contribution >= 4 is 24.1 Å². The van der Waals surface area contributed by atoms with Crippen LogP contribution in [0.4, 0.5) is 0 Å². The summed E-state index contributed by atoms with van der Waals surface area (Å²) in [6.45, 7) is 1.31. The molecule has 0 aliphatic heterocycles. The van der Waals surface area contributed by atoms with Gasteiger partial charge >= 0.3 is 5.97 Å². The maximum atomic E-state index is 11.7. The van der Waals surface area contributed by atoms with Crippen molar-refractivity contribution < 1.29 is 19.1 Å². The summed E-state index contributed by atoms with van der Waals surface area (Å²) < 4.78 is 4.69. The fraction of sp³-hybridized carbons (Fsp3) is 0.200. The van der Waals surface area contributed by atoms with Gasteiger partial charge in [-0.25, -0.2) is 0 Å². The first-order valence-corrected chi connectivity index (χ1v) is 5.85. The molecule has 1 rings (SSSR count). The number of ketones is 1. The predicted molar refractivity (Wildman–Crippen MR) is 71.0 cm³/mol. The van der Waals surface area contributed by atoms with Crippen LogP contribution < -0.4 is 0 Å². The van der Waals surface area contributed by atoms with E-state index in [-0.39, 0.29) is 24.7 Å². The molecule has 1 aromatic rings. The zero-order valence-corrected chi connectivity index (χ0v) is 10.7. The van der Waals surface area contributed by atoms with Gasteiger partial charge in [0, 0.05) is 13.3 Å². The van der Waals surface area contributed by atoms with E-state index < -0.39 is 5.97 Å². The number of allylic oxidation sites excluding steroid dienone is 1. The third-order valence-corrected chi connectivity index (χ3v) is 2.36. The quantitative estimate of drug-likeness (QED) is 0.325. The number of esters is 1. The van der Waals surface area contributed by atoms with Crippen LogP contribution in [0.5, 0.6) is 0 Å². The highest BCUT2D eigenvalue weighted by atomic mass is 16.5. The molecule has 0 heterocycles. The molecule has 0 aliphatic rings. The van der Waals surface area contributed by atoms with Crippen molar-refractivity contribution in [1.29, 1.82) is 0 Å². The summed E-state index contributed by atoms with van der Waals surface area (Å²) >= 11 is 0. The highest BCUT2D eigenvalue weighted by Crippen LogP contribution is 2.08. The Hall–Kier alpha value is -2.23. The number of aldehydes is 1. The summed E-state index contributed by atoms with van der Waals surface area (Å²) in [6, 6.07) is 9.29. The van der Waals surface area contributed by atoms with Gasteiger partial charge in [-0.15, -0.1) is 0 Å². The van der Waals surface area contributed by atoms with Crippen LogP contribution in [0.3, 0.4) is 0 Å². The highest BCUT2D eigenvalue weighted by molar-refractivity contribution is 6.14. The molecule has 0 N–H and O–H groups in total. The summed E-state index contributed by atoms with van der Waals surface area (Å²) in [5.74, 6) is -0.711. The molecule has 19 heavy (non-hydrogen) atoms. The van der Waals surface area contributed by atoms with E-state index in [0.29, 0.717) is 6.29 Å². The standard InChI is InChI=1S/C15H15O4/c1-12(17)19-10-9-14(11-16)15(18)8-7-13-5-3-2-4-6-13/h2-8,11H,9-10H2,1H3. The summed E-state index contributed by atoms with van der Waals surface area (Å²) in [5.41, 5.74) is 0.876. The molecule has 0 bridgehead atoms. The third-order valence-electron chi connectivity index (χ3n) is 2.36. The Bertz CT molecular complexity index is 462. The van der Waals surface area contributed by atoms with E-state index in [4.69, 9.17) is 4.74 Å². The summed E-state index contributed by atoms with van der Waals surface area (Å²) in [4.78, 5) is 33.1. The summed E-state index contributed by atoms with van der Waals surface area (Å²) in [7, 11) is 0. The molecule has 0 amide bonds. The molecule has 0 aliphatic carbocycles. The van der Waals surface area contributed by atoms with Crippen molar-refractivity contribution in [1.82, 2.24) is 0 Å². The van der Waals surface area contributed by atoms with Crippen LogP contribution >= 0.6 is 0 Å². The fourth-order valence-corrected chi connectivity index (χ4v) is 1.39. The topological polar surface area (TPSA) is 60.4 Å². The van der Waals surface area contributed by atoms with Crippen molar-refractivity contribution in [2.24, 2.45) is 0 Å². The van der Waals surface area contributed by atoms with Crippen molar-refractivity contribution in [2.45, 2.75) is 13.3 Å². The minimum absolute atomic E-state index is 0.0360. The zero-order valence-electron chi connectivity index (χ0n) is 10.7. The van der Waals surface area contributed by atoms with Crippen molar-refractivity contribution in [3.63, 3.8) is 0 Å². The molecule has 0 aromatic heterocycles. The lowest BCUT2D eigenvalue weighted by Crippen LogP contribution is -2.14. The van der Waals surface area contributed by atoms with E-state index >= 15 is 0 Å². The lowest BCUT2D eigenvalue weighted by Gasteiger charge is -2.05. The lowest BCUT2D eigenvalue weighted by molar-refractivity contribution is -0.141.